The predicted molar refractivity (Wildman–Crippen MR) is 113 cm³/mol. The van der Waals surface area contributed by atoms with Crippen LogP contribution in [0.25, 0.3) is 0 Å². The van der Waals surface area contributed by atoms with Gasteiger partial charge in [-0.3, -0.25) is 4.79 Å². The summed E-state index contributed by atoms with van der Waals surface area (Å²) in [5.41, 5.74) is 0.324. The first-order valence-corrected chi connectivity index (χ1v) is 11.6. The average molecular weight is 424 g/mol. The molecule has 1 aliphatic carbocycles. The highest BCUT2D eigenvalue weighted by molar-refractivity contribution is 7.89. The second-order valence-electron chi connectivity index (χ2n) is 8.59. The van der Waals surface area contributed by atoms with Crippen LogP contribution in [0.5, 0.6) is 0 Å². The van der Waals surface area contributed by atoms with Crippen molar-refractivity contribution in [3.63, 3.8) is 0 Å². The van der Waals surface area contributed by atoms with Gasteiger partial charge in [-0.25, -0.2) is 8.42 Å². The number of benzene rings is 1. The number of nitrogens with zero attached hydrogens (tertiary/aromatic N) is 1. The molecule has 0 heterocycles. The standard InChI is InChI=1S/C22H33NO5S/c1-17-11-13-18(14-12-17)29(26,27)23(15-7-8-16-24)19-9-5-6-10-20(19)28-21(25)22(2,3)4/h7-8,11-14,19-20,24H,5-6,9-10,15-16H2,1-4H3/b8-7+/t19-,20-/m1/s1. The largest absolute Gasteiger partial charge is 0.460 e. The molecule has 0 unspecified atom stereocenters. The Morgan fingerprint density at radius 3 is 2.38 bits per heavy atom. The summed E-state index contributed by atoms with van der Waals surface area (Å²) in [6.07, 6.45) is 5.70. The highest BCUT2D eigenvalue weighted by Crippen LogP contribution is 2.31. The van der Waals surface area contributed by atoms with Gasteiger partial charge in [-0.2, -0.15) is 4.31 Å². The van der Waals surface area contributed by atoms with Crippen LogP contribution < -0.4 is 0 Å². The summed E-state index contributed by atoms with van der Waals surface area (Å²) in [6.45, 7) is 7.23. The number of aliphatic hydroxyl groups excluding tert-OH is 1. The van der Waals surface area contributed by atoms with Gasteiger partial charge in [-0.05, 0) is 59.1 Å². The van der Waals surface area contributed by atoms with Gasteiger partial charge >= 0.3 is 5.97 Å². The summed E-state index contributed by atoms with van der Waals surface area (Å²) >= 11 is 0. The summed E-state index contributed by atoms with van der Waals surface area (Å²) in [4.78, 5) is 12.7. The van der Waals surface area contributed by atoms with E-state index >= 15 is 0 Å². The predicted octanol–water partition coefficient (Wildman–Crippen LogP) is 3.43. The Balaban J connectivity index is 2.39. The lowest BCUT2D eigenvalue weighted by atomic mass is 9.91. The number of esters is 1. The topological polar surface area (TPSA) is 83.9 Å². The van der Waals surface area contributed by atoms with E-state index in [9.17, 15) is 13.2 Å². The molecular weight excluding hydrogens is 390 g/mol. The molecule has 0 aliphatic heterocycles. The number of carbonyl (C=O) groups excluding carboxylic acids is 1. The van der Waals surface area contributed by atoms with Gasteiger partial charge in [0.1, 0.15) is 6.10 Å². The molecule has 1 fully saturated rings. The van der Waals surface area contributed by atoms with Crippen LogP contribution in [-0.4, -0.2) is 49.1 Å². The second kappa shape index (κ2) is 9.87. The fourth-order valence-corrected chi connectivity index (χ4v) is 5.00. The van der Waals surface area contributed by atoms with E-state index in [2.05, 4.69) is 0 Å². The molecule has 0 radical (unpaired) electrons. The molecule has 0 bridgehead atoms. The maximum atomic E-state index is 13.5. The lowest BCUT2D eigenvalue weighted by molar-refractivity contribution is -0.162. The van der Waals surface area contributed by atoms with Crippen molar-refractivity contribution in [2.75, 3.05) is 13.2 Å². The van der Waals surface area contributed by atoms with Crippen molar-refractivity contribution < 1.29 is 23.1 Å². The first-order chi connectivity index (χ1) is 13.6. The molecule has 2 rings (SSSR count). The van der Waals surface area contributed by atoms with Crippen LogP contribution in [0, 0.1) is 12.3 Å². The highest BCUT2D eigenvalue weighted by Gasteiger charge is 2.40. The Morgan fingerprint density at radius 2 is 1.79 bits per heavy atom. The normalized spacial score (nSPS) is 20.9. The van der Waals surface area contributed by atoms with E-state index in [-0.39, 0.29) is 24.0 Å². The minimum Gasteiger partial charge on any atom is -0.460 e. The number of hydrogen-bond acceptors (Lipinski definition) is 5. The Morgan fingerprint density at radius 1 is 1.17 bits per heavy atom. The number of rotatable bonds is 7. The van der Waals surface area contributed by atoms with Crippen LogP contribution in [0.4, 0.5) is 0 Å². The van der Waals surface area contributed by atoms with Crippen molar-refractivity contribution in [2.24, 2.45) is 5.41 Å². The van der Waals surface area contributed by atoms with Crippen molar-refractivity contribution in [1.29, 1.82) is 0 Å². The van der Waals surface area contributed by atoms with Crippen LogP contribution in [0.15, 0.2) is 41.3 Å². The summed E-state index contributed by atoms with van der Waals surface area (Å²) in [7, 11) is -3.79. The summed E-state index contributed by atoms with van der Waals surface area (Å²) in [5, 5.41) is 9.08. The van der Waals surface area contributed by atoms with Gasteiger partial charge in [0.05, 0.1) is 23.0 Å². The first-order valence-electron chi connectivity index (χ1n) is 10.1. The van der Waals surface area contributed by atoms with Gasteiger partial charge in [0.25, 0.3) is 0 Å². The molecule has 0 saturated heterocycles. The quantitative estimate of drug-likeness (QED) is 0.536. The number of sulfonamides is 1. The van der Waals surface area contributed by atoms with E-state index in [0.717, 1.165) is 18.4 Å². The number of aryl methyl sites for hydroxylation is 1. The molecule has 1 aromatic carbocycles. The van der Waals surface area contributed by atoms with Gasteiger partial charge in [0.15, 0.2) is 0 Å². The molecule has 1 aliphatic rings. The molecule has 1 N–H and O–H groups in total. The Hall–Kier alpha value is -1.70. The molecule has 0 aromatic heterocycles. The van der Waals surface area contributed by atoms with Crippen LogP contribution >= 0.6 is 0 Å². The second-order valence-corrected chi connectivity index (χ2v) is 10.5. The SMILES string of the molecule is Cc1ccc(S(=O)(=O)N(C/C=C/CO)[C@@H]2CCCC[C@H]2OC(=O)C(C)(C)C)cc1. The molecule has 0 spiro atoms. The molecule has 6 nitrogen and oxygen atoms in total. The smallest absolute Gasteiger partial charge is 0.311 e. The first kappa shape index (κ1) is 23.6. The minimum atomic E-state index is -3.79. The molecule has 1 saturated carbocycles. The maximum Gasteiger partial charge on any atom is 0.311 e. The lowest BCUT2D eigenvalue weighted by Gasteiger charge is -2.39. The minimum absolute atomic E-state index is 0.116. The lowest BCUT2D eigenvalue weighted by Crippen LogP contribution is -2.50. The van der Waals surface area contributed by atoms with E-state index in [1.807, 2.05) is 6.92 Å². The fourth-order valence-electron chi connectivity index (χ4n) is 3.37. The number of ether oxygens (including phenoxy) is 1. The zero-order valence-electron chi connectivity index (χ0n) is 17.8. The summed E-state index contributed by atoms with van der Waals surface area (Å²) < 4.78 is 34.1. The van der Waals surface area contributed by atoms with Gasteiger partial charge < -0.3 is 9.84 Å². The third kappa shape index (κ3) is 6.14. The molecule has 29 heavy (non-hydrogen) atoms. The monoisotopic (exact) mass is 423 g/mol. The van der Waals surface area contributed by atoms with Gasteiger partial charge in [-0.1, -0.05) is 36.3 Å². The van der Waals surface area contributed by atoms with Crippen molar-refractivity contribution >= 4 is 16.0 Å². The van der Waals surface area contributed by atoms with E-state index in [4.69, 9.17) is 9.84 Å². The Kier molecular flexibility index (Phi) is 8.02. The number of aliphatic hydroxyl groups is 1. The number of carbonyl (C=O) groups is 1. The van der Waals surface area contributed by atoms with Gasteiger partial charge in [0, 0.05) is 6.54 Å². The third-order valence-corrected chi connectivity index (χ3v) is 7.00. The molecule has 7 heteroatoms. The average Bonchev–Trinajstić information content (AvgIpc) is 2.65. The van der Waals surface area contributed by atoms with Crippen LogP contribution in [0.2, 0.25) is 0 Å². The van der Waals surface area contributed by atoms with Gasteiger partial charge in [-0.15, -0.1) is 0 Å². The van der Waals surface area contributed by atoms with E-state index in [0.29, 0.717) is 12.8 Å². The van der Waals surface area contributed by atoms with Crippen LogP contribution in [0.1, 0.15) is 52.0 Å². The van der Waals surface area contributed by atoms with Crippen LogP contribution in [0.3, 0.4) is 0 Å². The Labute approximate surface area is 174 Å². The number of hydrogen-bond donors (Lipinski definition) is 1. The van der Waals surface area contributed by atoms with Crippen molar-refractivity contribution in [2.45, 2.75) is 70.4 Å². The third-order valence-electron chi connectivity index (χ3n) is 5.09. The van der Waals surface area contributed by atoms with Crippen molar-refractivity contribution in [1.82, 2.24) is 4.31 Å². The molecule has 1 aromatic rings. The molecular formula is C22H33NO5S. The van der Waals surface area contributed by atoms with Crippen molar-refractivity contribution in [3.05, 3.63) is 42.0 Å². The highest BCUT2D eigenvalue weighted by atomic mass is 32.2. The zero-order valence-corrected chi connectivity index (χ0v) is 18.6. The van der Waals surface area contributed by atoms with E-state index in [1.165, 1.54) is 10.4 Å². The van der Waals surface area contributed by atoms with E-state index in [1.54, 1.807) is 51.1 Å². The molecule has 0 amide bonds. The van der Waals surface area contributed by atoms with Crippen molar-refractivity contribution in [3.8, 4) is 0 Å². The van der Waals surface area contributed by atoms with Crippen LogP contribution in [-0.2, 0) is 19.6 Å². The molecule has 162 valence electrons. The fraction of sp³-hybridized carbons (Fsp3) is 0.591. The van der Waals surface area contributed by atoms with E-state index < -0.39 is 27.6 Å². The maximum absolute atomic E-state index is 13.5. The Bertz CT molecular complexity index is 809. The zero-order chi connectivity index (χ0) is 21.7. The summed E-state index contributed by atoms with van der Waals surface area (Å²) in [6, 6.07) is 6.31. The van der Waals surface area contributed by atoms with Gasteiger partial charge in [0.2, 0.25) is 10.0 Å². The summed E-state index contributed by atoms with van der Waals surface area (Å²) in [5.74, 6) is -0.326. The molecule has 2 atom stereocenters.